The highest BCUT2D eigenvalue weighted by Gasteiger charge is 2.37. The van der Waals surface area contributed by atoms with Crippen molar-refractivity contribution in [3.8, 4) is 11.5 Å². The van der Waals surface area contributed by atoms with E-state index >= 15 is 0 Å². The molecule has 2 aromatic rings. The molecule has 5 heteroatoms. The molecule has 0 unspecified atom stereocenters. The molecule has 0 bridgehead atoms. The molecular weight excluding hydrogens is 390 g/mol. The summed E-state index contributed by atoms with van der Waals surface area (Å²) in [5.74, 6) is 0.747. The maximum Gasteiger partial charge on any atom is 0.261 e. The van der Waals surface area contributed by atoms with Gasteiger partial charge in [-0.1, -0.05) is 36.4 Å². The topological polar surface area (TPSA) is 55.8 Å². The third-order valence-corrected chi connectivity index (χ3v) is 6.00. The molecule has 0 aromatic heterocycles. The number of likely N-dealkylation sites (N-methyl/N-ethyl adjacent to an activating group) is 1. The maximum atomic E-state index is 12.9. The first kappa shape index (κ1) is 20.9. The Morgan fingerprint density at radius 1 is 1.00 bits per heavy atom. The van der Waals surface area contributed by atoms with Crippen LogP contribution in [0.3, 0.4) is 0 Å². The minimum absolute atomic E-state index is 0.224. The van der Waals surface area contributed by atoms with Crippen LogP contribution in [-0.4, -0.2) is 37.0 Å². The molecule has 0 atom stereocenters. The number of amides is 2. The summed E-state index contributed by atoms with van der Waals surface area (Å²) in [5.41, 5.74) is 3.25. The van der Waals surface area contributed by atoms with Crippen LogP contribution in [0.2, 0.25) is 0 Å². The summed E-state index contributed by atoms with van der Waals surface area (Å²) in [4.78, 5) is 26.9. The van der Waals surface area contributed by atoms with Crippen molar-refractivity contribution in [2.24, 2.45) is 0 Å². The molecule has 1 aliphatic heterocycles. The van der Waals surface area contributed by atoms with Crippen LogP contribution in [0, 0.1) is 0 Å². The van der Waals surface area contributed by atoms with E-state index in [0.29, 0.717) is 22.6 Å². The van der Waals surface area contributed by atoms with Gasteiger partial charge in [-0.25, -0.2) is 0 Å². The molecule has 160 valence electrons. The zero-order valence-electron chi connectivity index (χ0n) is 18.2. The molecule has 0 N–H and O–H groups in total. The average molecular weight is 418 g/mol. The number of imide groups is 1. The van der Waals surface area contributed by atoms with Gasteiger partial charge in [-0.15, -0.1) is 0 Å². The van der Waals surface area contributed by atoms with Crippen LogP contribution in [0.15, 0.2) is 59.7 Å². The molecule has 31 heavy (non-hydrogen) atoms. The maximum absolute atomic E-state index is 12.9. The summed E-state index contributed by atoms with van der Waals surface area (Å²) in [6.07, 6.45) is 6.50. The Balaban J connectivity index is 1.74. The van der Waals surface area contributed by atoms with Gasteiger partial charge in [-0.3, -0.25) is 14.5 Å². The lowest BCUT2D eigenvalue weighted by Gasteiger charge is -2.17. The summed E-state index contributed by atoms with van der Waals surface area (Å²) in [6, 6.07) is 15.2. The Morgan fingerprint density at radius 2 is 1.71 bits per heavy atom. The van der Waals surface area contributed by atoms with Gasteiger partial charge < -0.3 is 9.47 Å². The SMILES string of the molecule is COc1cc(C(C)=C2C(=O)N(C)C(=O)C2=Cc2ccccc2)ccc1OC1CCCC1. The fourth-order valence-corrected chi connectivity index (χ4v) is 4.20. The van der Waals surface area contributed by atoms with Gasteiger partial charge in [-0.2, -0.15) is 0 Å². The van der Waals surface area contributed by atoms with Crippen LogP contribution >= 0.6 is 0 Å². The highest BCUT2D eigenvalue weighted by molar-refractivity contribution is 6.29. The van der Waals surface area contributed by atoms with E-state index in [4.69, 9.17) is 9.47 Å². The first-order valence-electron chi connectivity index (χ1n) is 10.6. The van der Waals surface area contributed by atoms with Crippen LogP contribution in [0.1, 0.15) is 43.7 Å². The number of benzene rings is 2. The fraction of sp³-hybridized carbons (Fsp3) is 0.308. The molecule has 1 saturated carbocycles. The van der Waals surface area contributed by atoms with Crippen molar-refractivity contribution in [1.29, 1.82) is 0 Å². The normalized spacial score (nSPS) is 20.0. The summed E-state index contributed by atoms with van der Waals surface area (Å²) in [6.45, 7) is 1.87. The minimum Gasteiger partial charge on any atom is -0.493 e. The number of nitrogens with zero attached hydrogens (tertiary/aromatic N) is 1. The number of likely N-dealkylation sites (tertiary alicyclic amines) is 1. The predicted octanol–water partition coefficient (Wildman–Crippen LogP) is 4.87. The minimum atomic E-state index is -0.296. The molecular formula is C26H27NO4. The summed E-state index contributed by atoms with van der Waals surface area (Å²) < 4.78 is 11.7. The molecule has 5 nitrogen and oxygen atoms in total. The van der Waals surface area contributed by atoms with Gasteiger partial charge in [0.1, 0.15) is 0 Å². The van der Waals surface area contributed by atoms with E-state index in [-0.39, 0.29) is 17.9 Å². The smallest absolute Gasteiger partial charge is 0.261 e. The zero-order valence-corrected chi connectivity index (χ0v) is 18.2. The second-order valence-corrected chi connectivity index (χ2v) is 8.03. The Labute approximate surface area is 183 Å². The van der Waals surface area contributed by atoms with Crippen molar-refractivity contribution in [3.63, 3.8) is 0 Å². The number of ether oxygens (including phenoxy) is 2. The summed E-state index contributed by atoms with van der Waals surface area (Å²) in [7, 11) is 3.13. The van der Waals surface area contributed by atoms with Crippen LogP contribution < -0.4 is 9.47 Å². The largest absolute Gasteiger partial charge is 0.493 e. The molecule has 4 rings (SSSR count). The summed E-state index contributed by atoms with van der Waals surface area (Å²) in [5, 5.41) is 0. The molecule has 2 amide bonds. The number of carbonyl (C=O) groups is 2. The lowest BCUT2D eigenvalue weighted by molar-refractivity contribution is -0.134. The monoisotopic (exact) mass is 417 g/mol. The Morgan fingerprint density at radius 3 is 2.39 bits per heavy atom. The quantitative estimate of drug-likeness (QED) is 0.514. The van der Waals surface area contributed by atoms with Gasteiger partial charge in [0.25, 0.3) is 11.8 Å². The van der Waals surface area contributed by atoms with Crippen molar-refractivity contribution in [2.75, 3.05) is 14.2 Å². The summed E-state index contributed by atoms with van der Waals surface area (Å²) >= 11 is 0. The molecule has 2 aromatic carbocycles. The standard InChI is InChI=1S/C26H27NO4/c1-17(19-13-14-22(23(16-19)30-3)31-20-11-7-8-12-20)24-21(25(28)27(2)26(24)29)15-18-9-5-4-6-10-18/h4-6,9-10,13-16,20H,7-8,11-12H2,1-3H3. The van der Waals surface area contributed by atoms with Gasteiger partial charge >= 0.3 is 0 Å². The Bertz CT molecular complexity index is 1060. The molecule has 0 radical (unpaired) electrons. The number of hydrogen-bond donors (Lipinski definition) is 0. The van der Waals surface area contributed by atoms with Crippen LogP contribution in [0.4, 0.5) is 0 Å². The number of methoxy groups -OCH3 is 1. The molecule has 0 spiro atoms. The van der Waals surface area contributed by atoms with Crippen LogP contribution in [0.5, 0.6) is 11.5 Å². The van der Waals surface area contributed by atoms with Crippen molar-refractivity contribution < 1.29 is 19.1 Å². The number of allylic oxidation sites excluding steroid dienone is 1. The third-order valence-electron chi connectivity index (χ3n) is 6.00. The van der Waals surface area contributed by atoms with Gasteiger partial charge in [0, 0.05) is 7.05 Å². The second-order valence-electron chi connectivity index (χ2n) is 8.03. The van der Waals surface area contributed by atoms with E-state index < -0.39 is 0 Å². The first-order chi connectivity index (χ1) is 15.0. The van der Waals surface area contributed by atoms with Crippen molar-refractivity contribution in [2.45, 2.75) is 38.7 Å². The van der Waals surface area contributed by atoms with E-state index in [9.17, 15) is 9.59 Å². The second kappa shape index (κ2) is 8.80. The van der Waals surface area contributed by atoms with Crippen LogP contribution in [0.25, 0.3) is 11.6 Å². The number of hydrogen-bond acceptors (Lipinski definition) is 4. The Kier molecular flexibility index (Phi) is 5.94. The third kappa shape index (κ3) is 4.13. The first-order valence-corrected chi connectivity index (χ1v) is 10.6. The number of carbonyl (C=O) groups excluding carboxylic acids is 2. The van der Waals surface area contributed by atoms with E-state index in [1.807, 2.05) is 55.5 Å². The van der Waals surface area contributed by atoms with Crippen molar-refractivity contribution in [1.82, 2.24) is 4.90 Å². The fourth-order valence-electron chi connectivity index (χ4n) is 4.20. The van der Waals surface area contributed by atoms with Crippen LogP contribution in [-0.2, 0) is 9.59 Å². The van der Waals surface area contributed by atoms with E-state index in [1.165, 1.54) is 24.8 Å². The highest BCUT2D eigenvalue weighted by atomic mass is 16.5. The van der Waals surface area contributed by atoms with Gasteiger partial charge in [0.2, 0.25) is 0 Å². The molecule has 1 heterocycles. The lowest BCUT2D eigenvalue weighted by Crippen LogP contribution is -2.24. The predicted molar refractivity (Wildman–Crippen MR) is 121 cm³/mol. The van der Waals surface area contributed by atoms with E-state index in [1.54, 1.807) is 13.2 Å². The molecule has 1 aliphatic carbocycles. The highest BCUT2D eigenvalue weighted by Crippen LogP contribution is 2.37. The van der Waals surface area contributed by atoms with Crippen molar-refractivity contribution >= 4 is 23.5 Å². The molecule has 2 aliphatic rings. The number of rotatable bonds is 5. The van der Waals surface area contributed by atoms with E-state index in [0.717, 1.165) is 29.5 Å². The average Bonchev–Trinajstić information content (AvgIpc) is 3.37. The van der Waals surface area contributed by atoms with Crippen molar-refractivity contribution in [3.05, 3.63) is 70.8 Å². The zero-order chi connectivity index (χ0) is 22.0. The molecule has 1 saturated heterocycles. The molecule has 2 fully saturated rings. The van der Waals surface area contributed by atoms with Gasteiger partial charge in [0.05, 0.1) is 24.4 Å². The van der Waals surface area contributed by atoms with E-state index in [2.05, 4.69) is 0 Å². The lowest BCUT2D eigenvalue weighted by atomic mass is 9.95. The Hall–Kier alpha value is -3.34. The van der Waals surface area contributed by atoms with Gasteiger partial charge in [-0.05, 0) is 67.5 Å². The van der Waals surface area contributed by atoms with Gasteiger partial charge in [0.15, 0.2) is 11.5 Å².